The van der Waals surface area contributed by atoms with Crippen LogP contribution in [0.4, 0.5) is 0 Å². The molecule has 140 valence electrons. The Morgan fingerprint density at radius 1 is 0.536 bits per heavy atom. The van der Waals surface area contributed by atoms with E-state index < -0.39 is 0 Å². The summed E-state index contributed by atoms with van der Waals surface area (Å²) in [5.74, 6) is 1.49. The zero-order valence-corrected chi connectivity index (χ0v) is 17.0. The Morgan fingerprint density at radius 2 is 0.964 bits per heavy atom. The summed E-state index contributed by atoms with van der Waals surface area (Å²) in [6, 6.07) is 23.9. The number of halogens is 2. The van der Waals surface area contributed by atoms with Crippen molar-refractivity contribution in [2.24, 2.45) is 0 Å². The van der Waals surface area contributed by atoms with Gasteiger partial charge in [-0.15, -0.1) is 0 Å². The second-order valence-corrected chi connectivity index (χ2v) is 7.27. The topological polar surface area (TPSA) is 18.5 Å². The van der Waals surface area contributed by atoms with Crippen LogP contribution >= 0.6 is 23.2 Å². The summed E-state index contributed by atoms with van der Waals surface area (Å²) >= 11 is 12.3. The van der Waals surface area contributed by atoms with E-state index >= 15 is 0 Å². The van der Waals surface area contributed by atoms with Gasteiger partial charge in [-0.3, -0.25) is 0 Å². The van der Waals surface area contributed by atoms with Crippen molar-refractivity contribution in [2.75, 3.05) is 14.2 Å². The van der Waals surface area contributed by atoms with E-state index in [0.717, 1.165) is 44.5 Å². The van der Waals surface area contributed by atoms with Crippen molar-refractivity contribution in [3.63, 3.8) is 0 Å². The van der Waals surface area contributed by atoms with Crippen molar-refractivity contribution in [3.05, 3.63) is 82.8 Å². The van der Waals surface area contributed by atoms with Crippen molar-refractivity contribution in [3.8, 4) is 33.8 Å². The molecule has 4 aromatic rings. The Labute approximate surface area is 174 Å². The number of hydrogen-bond acceptors (Lipinski definition) is 2. The van der Waals surface area contributed by atoms with Crippen molar-refractivity contribution >= 4 is 34.0 Å². The minimum Gasteiger partial charge on any atom is -0.496 e. The van der Waals surface area contributed by atoms with Gasteiger partial charge in [-0.1, -0.05) is 59.6 Å². The third kappa shape index (κ3) is 3.30. The number of hydrogen-bond donors (Lipinski definition) is 0. The van der Waals surface area contributed by atoms with Crippen LogP contribution in [0.25, 0.3) is 33.0 Å². The number of methoxy groups -OCH3 is 2. The molecule has 0 radical (unpaired) electrons. The van der Waals surface area contributed by atoms with Crippen LogP contribution < -0.4 is 9.47 Å². The summed E-state index contributed by atoms with van der Waals surface area (Å²) in [5, 5.41) is 3.54. The number of fused-ring (bicyclic) bond motifs is 1. The third-order valence-corrected chi connectivity index (χ3v) is 5.30. The third-order valence-electron chi connectivity index (χ3n) is 4.83. The Kier molecular flexibility index (Phi) is 5.17. The van der Waals surface area contributed by atoms with Gasteiger partial charge in [-0.05, 0) is 58.3 Å². The molecule has 2 nitrogen and oxygen atoms in total. The van der Waals surface area contributed by atoms with Crippen molar-refractivity contribution in [1.29, 1.82) is 0 Å². The molecule has 0 aromatic heterocycles. The molecule has 0 aliphatic carbocycles. The summed E-state index contributed by atoms with van der Waals surface area (Å²) < 4.78 is 11.1. The molecule has 0 spiro atoms. The Hall–Kier alpha value is -2.68. The molecule has 0 heterocycles. The highest BCUT2D eigenvalue weighted by molar-refractivity contribution is 6.31. The predicted octanol–water partition coefficient (Wildman–Crippen LogP) is 7.50. The Bertz CT molecular complexity index is 1080. The van der Waals surface area contributed by atoms with Gasteiger partial charge in [-0.2, -0.15) is 0 Å². The van der Waals surface area contributed by atoms with Gasteiger partial charge in [0.25, 0.3) is 0 Å². The molecule has 0 amide bonds. The summed E-state index contributed by atoms with van der Waals surface area (Å²) in [6.07, 6.45) is 0. The maximum Gasteiger partial charge on any atom is 0.128 e. The molecule has 0 aliphatic heterocycles. The average Bonchev–Trinajstić information content (AvgIpc) is 2.73. The lowest BCUT2D eigenvalue weighted by Crippen LogP contribution is -1.91. The molecule has 0 atom stereocenters. The SMILES string of the molecule is COc1cc(Cl)ccc1-c1cccc2c(-c3ccc(Cl)cc3OC)cccc12. The minimum absolute atomic E-state index is 0.646. The molecule has 0 bridgehead atoms. The first kappa shape index (κ1) is 18.7. The molecule has 4 rings (SSSR count). The molecule has 0 N–H and O–H groups in total. The average molecular weight is 409 g/mol. The van der Waals surface area contributed by atoms with E-state index in [0.29, 0.717) is 10.0 Å². The normalized spacial score (nSPS) is 10.9. The highest BCUT2D eigenvalue weighted by atomic mass is 35.5. The molecule has 4 heteroatoms. The molecule has 28 heavy (non-hydrogen) atoms. The van der Waals surface area contributed by atoms with E-state index in [1.54, 1.807) is 14.2 Å². The molecule has 0 unspecified atom stereocenters. The minimum atomic E-state index is 0.646. The van der Waals surface area contributed by atoms with E-state index in [9.17, 15) is 0 Å². The van der Waals surface area contributed by atoms with Crippen LogP contribution in [0.3, 0.4) is 0 Å². The maximum absolute atomic E-state index is 6.15. The zero-order chi connectivity index (χ0) is 19.7. The predicted molar refractivity (Wildman–Crippen MR) is 118 cm³/mol. The molecule has 4 aromatic carbocycles. The van der Waals surface area contributed by atoms with Gasteiger partial charge < -0.3 is 9.47 Å². The van der Waals surface area contributed by atoms with E-state index in [-0.39, 0.29) is 0 Å². The van der Waals surface area contributed by atoms with Crippen LogP contribution in [0.1, 0.15) is 0 Å². The van der Waals surface area contributed by atoms with Gasteiger partial charge in [0.2, 0.25) is 0 Å². The second kappa shape index (κ2) is 7.75. The zero-order valence-electron chi connectivity index (χ0n) is 15.5. The quantitative estimate of drug-likeness (QED) is 0.348. The first-order valence-electron chi connectivity index (χ1n) is 8.82. The number of rotatable bonds is 4. The van der Waals surface area contributed by atoms with E-state index in [4.69, 9.17) is 32.7 Å². The monoisotopic (exact) mass is 408 g/mol. The Balaban J connectivity index is 1.99. The smallest absolute Gasteiger partial charge is 0.128 e. The van der Waals surface area contributed by atoms with Crippen LogP contribution in [0, 0.1) is 0 Å². The molecular weight excluding hydrogens is 391 g/mol. The molecule has 0 saturated carbocycles. The standard InChI is InChI=1S/C24H18Cl2O2/c1-27-23-13-15(25)9-11-21(23)19-7-3-6-18-17(19)5-4-8-20(18)22-12-10-16(26)14-24(22)28-2/h3-14H,1-2H3. The summed E-state index contributed by atoms with van der Waals surface area (Å²) in [7, 11) is 3.31. The lowest BCUT2D eigenvalue weighted by molar-refractivity contribution is 0.416. The van der Waals surface area contributed by atoms with Gasteiger partial charge in [0, 0.05) is 21.2 Å². The Morgan fingerprint density at radius 3 is 1.36 bits per heavy atom. The van der Waals surface area contributed by atoms with Gasteiger partial charge >= 0.3 is 0 Å². The second-order valence-electron chi connectivity index (χ2n) is 6.40. The summed E-state index contributed by atoms with van der Waals surface area (Å²) in [6.45, 7) is 0. The van der Waals surface area contributed by atoms with Crippen molar-refractivity contribution < 1.29 is 9.47 Å². The van der Waals surface area contributed by atoms with E-state index in [2.05, 4.69) is 36.4 Å². The van der Waals surface area contributed by atoms with Gasteiger partial charge in [-0.25, -0.2) is 0 Å². The van der Waals surface area contributed by atoms with Crippen LogP contribution in [-0.4, -0.2) is 14.2 Å². The fourth-order valence-corrected chi connectivity index (χ4v) is 3.88. The van der Waals surface area contributed by atoms with Gasteiger partial charge in [0.05, 0.1) is 14.2 Å². The number of benzene rings is 4. The van der Waals surface area contributed by atoms with Crippen LogP contribution in [0.15, 0.2) is 72.8 Å². The van der Waals surface area contributed by atoms with Crippen molar-refractivity contribution in [2.45, 2.75) is 0 Å². The molecule has 0 fully saturated rings. The molecular formula is C24H18Cl2O2. The number of ether oxygens (including phenoxy) is 2. The first-order chi connectivity index (χ1) is 13.6. The van der Waals surface area contributed by atoms with E-state index in [1.807, 2.05) is 36.4 Å². The first-order valence-corrected chi connectivity index (χ1v) is 9.57. The largest absolute Gasteiger partial charge is 0.496 e. The van der Waals surface area contributed by atoms with E-state index in [1.165, 1.54) is 0 Å². The van der Waals surface area contributed by atoms with Crippen LogP contribution in [-0.2, 0) is 0 Å². The summed E-state index contributed by atoms with van der Waals surface area (Å²) in [4.78, 5) is 0. The summed E-state index contributed by atoms with van der Waals surface area (Å²) in [5.41, 5.74) is 4.16. The lowest BCUT2D eigenvalue weighted by atomic mass is 9.92. The fourth-order valence-electron chi connectivity index (χ4n) is 3.55. The van der Waals surface area contributed by atoms with Crippen LogP contribution in [0.5, 0.6) is 11.5 Å². The van der Waals surface area contributed by atoms with Crippen LogP contribution in [0.2, 0.25) is 10.0 Å². The highest BCUT2D eigenvalue weighted by Crippen LogP contribution is 2.41. The van der Waals surface area contributed by atoms with Crippen molar-refractivity contribution in [1.82, 2.24) is 0 Å². The van der Waals surface area contributed by atoms with Gasteiger partial charge in [0.15, 0.2) is 0 Å². The lowest BCUT2D eigenvalue weighted by Gasteiger charge is -2.15. The fraction of sp³-hybridized carbons (Fsp3) is 0.0833. The van der Waals surface area contributed by atoms with Gasteiger partial charge in [0.1, 0.15) is 11.5 Å². The molecule has 0 saturated heterocycles. The molecule has 0 aliphatic rings. The maximum atomic E-state index is 6.15. The highest BCUT2D eigenvalue weighted by Gasteiger charge is 2.14.